The van der Waals surface area contributed by atoms with Crippen LogP contribution in [0, 0.1) is 5.82 Å². The zero-order valence-electron chi connectivity index (χ0n) is 7.67. The van der Waals surface area contributed by atoms with Crippen LogP contribution >= 0.6 is 11.6 Å². The molecular formula is C10H8ClFN2O. The van der Waals surface area contributed by atoms with Gasteiger partial charge in [0, 0.05) is 5.56 Å². The van der Waals surface area contributed by atoms with Gasteiger partial charge in [0.05, 0.1) is 23.5 Å². The van der Waals surface area contributed by atoms with Gasteiger partial charge in [0.15, 0.2) is 0 Å². The fourth-order valence-electron chi connectivity index (χ4n) is 1.26. The number of aliphatic hydroxyl groups is 1. The van der Waals surface area contributed by atoms with E-state index in [1.807, 2.05) is 0 Å². The molecule has 78 valence electrons. The van der Waals surface area contributed by atoms with Gasteiger partial charge in [-0.1, -0.05) is 11.6 Å². The van der Waals surface area contributed by atoms with Crippen molar-refractivity contribution in [2.24, 2.45) is 0 Å². The number of aromatic nitrogens is 2. The van der Waals surface area contributed by atoms with Crippen molar-refractivity contribution in [3.05, 3.63) is 40.9 Å². The van der Waals surface area contributed by atoms with Crippen molar-refractivity contribution in [1.82, 2.24) is 9.97 Å². The standard InChI is InChI=1S/C10H8ClFN2O/c11-9-3-6(12)1-2-8(9)10-13-4-7(5-15)14-10/h1-4,15H,5H2,(H,13,14). The minimum Gasteiger partial charge on any atom is -0.390 e. The number of H-pyrrole nitrogens is 1. The minimum atomic E-state index is -0.391. The molecule has 1 aromatic heterocycles. The Bertz CT molecular complexity index is 484. The van der Waals surface area contributed by atoms with Gasteiger partial charge in [0.25, 0.3) is 0 Å². The molecule has 0 saturated heterocycles. The predicted molar refractivity (Wildman–Crippen MR) is 54.9 cm³/mol. The zero-order valence-corrected chi connectivity index (χ0v) is 8.42. The van der Waals surface area contributed by atoms with Crippen molar-refractivity contribution in [2.45, 2.75) is 6.61 Å². The summed E-state index contributed by atoms with van der Waals surface area (Å²) in [5.74, 6) is 0.127. The Morgan fingerprint density at radius 2 is 2.27 bits per heavy atom. The molecule has 0 aliphatic heterocycles. The number of nitrogens with one attached hydrogen (secondary N) is 1. The average molecular weight is 227 g/mol. The Morgan fingerprint density at radius 3 is 2.87 bits per heavy atom. The Labute approximate surface area is 90.5 Å². The van der Waals surface area contributed by atoms with Gasteiger partial charge in [-0.25, -0.2) is 9.37 Å². The van der Waals surface area contributed by atoms with Crippen molar-refractivity contribution in [3.63, 3.8) is 0 Å². The molecule has 2 aromatic rings. The van der Waals surface area contributed by atoms with Crippen LogP contribution in [0.3, 0.4) is 0 Å². The van der Waals surface area contributed by atoms with E-state index in [0.717, 1.165) is 0 Å². The maximum atomic E-state index is 12.8. The first-order valence-corrected chi connectivity index (χ1v) is 4.68. The van der Waals surface area contributed by atoms with Crippen molar-refractivity contribution in [1.29, 1.82) is 0 Å². The number of aliphatic hydroxyl groups excluding tert-OH is 1. The van der Waals surface area contributed by atoms with E-state index < -0.39 is 5.82 Å². The van der Waals surface area contributed by atoms with Gasteiger partial charge in [-0.05, 0) is 18.2 Å². The maximum Gasteiger partial charge on any atom is 0.139 e. The molecule has 1 aromatic carbocycles. The molecule has 0 atom stereocenters. The third-order valence-electron chi connectivity index (χ3n) is 1.99. The molecule has 0 spiro atoms. The molecule has 0 fully saturated rings. The second-order valence-electron chi connectivity index (χ2n) is 3.04. The fourth-order valence-corrected chi connectivity index (χ4v) is 1.51. The summed E-state index contributed by atoms with van der Waals surface area (Å²) < 4.78 is 12.8. The molecule has 3 nitrogen and oxygen atoms in total. The number of nitrogens with zero attached hydrogens (tertiary/aromatic N) is 1. The second kappa shape index (κ2) is 4.00. The van der Waals surface area contributed by atoms with E-state index in [1.54, 1.807) is 0 Å². The molecule has 2 N–H and O–H groups in total. The summed E-state index contributed by atoms with van der Waals surface area (Å²) >= 11 is 5.85. The van der Waals surface area contributed by atoms with Gasteiger partial charge in [-0.3, -0.25) is 0 Å². The first kappa shape index (κ1) is 10.1. The quantitative estimate of drug-likeness (QED) is 0.826. The van der Waals surface area contributed by atoms with Gasteiger partial charge in [-0.15, -0.1) is 0 Å². The van der Waals surface area contributed by atoms with E-state index in [0.29, 0.717) is 17.1 Å². The topological polar surface area (TPSA) is 48.9 Å². The molecule has 0 bridgehead atoms. The van der Waals surface area contributed by atoms with Gasteiger partial charge < -0.3 is 10.1 Å². The summed E-state index contributed by atoms with van der Waals surface area (Å²) in [5.41, 5.74) is 1.20. The van der Waals surface area contributed by atoms with Crippen molar-refractivity contribution in [2.75, 3.05) is 0 Å². The van der Waals surface area contributed by atoms with Gasteiger partial charge >= 0.3 is 0 Å². The van der Waals surface area contributed by atoms with Crippen LogP contribution in [0.2, 0.25) is 5.02 Å². The lowest BCUT2D eigenvalue weighted by molar-refractivity contribution is 0.277. The summed E-state index contributed by atoms with van der Waals surface area (Å²) in [6.07, 6.45) is 1.51. The molecule has 0 radical (unpaired) electrons. The van der Waals surface area contributed by atoms with E-state index in [2.05, 4.69) is 9.97 Å². The third-order valence-corrected chi connectivity index (χ3v) is 2.30. The summed E-state index contributed by atoms with van der Waals surface area (Å²) in [4.78, 5) is 6.90. The van der Waals surface area contributed by atoms with Crippen molar-refractivity contribution in [3.8, 4) is 11.4 Å². The maximum absolute atomic E-state index is 12.8. The SMILES string of the molecule is OCc1cnc(-c2ccc(F)cc2Cl)[nH]1. The highest BCUT2D eigenvalue weighted by Crippen LogP contribution is 2.26. The lowest BCUT2D eigenvalue weighted by atomic mass is 10.2. The summed E-state index contributed by atoms with van der Waals surface area (Å²) in [6, 6.07) is 4.07. The molecular weight excluding hydrogens is 219 g/mol. The smallest absolute Gasteiger partial charge is 0.139 e. The highest BCUT2D eigenvalue weighted by molar-refractivity contribution is 6.33. The normalized spacial score (nSPS) is 10.6. The van der Waals surface area contributed by atoms with Crippen LogP contribution in [-0.4, -0.2) is 15.1 Å². The van der Waals surface area contributed by atoms with Crippen LogP contribution in [0.15, 0.2) is 24.4 Å². The third kappa shape index (κ3) is 2.00. The molecule has 0 amide bonds. The van der Waals surface area contributed by atoms with E-state index in [1.165, 1.54) is 24.4 Å². The van der Waals surface area contributed by atoms with Crippen LogP contribution in [0.1, 0.15) is 5.69 Å². The molecule has 2 rings (SSSR count). The second-order valence-corrected chi connectivity index (χ2v) is 3.45. The number of hydrogen-bond donors (Lipinski definition) is 2. The Hall–Kier alpha value is -1.39. The average Bonchev–Trinajstić information content (AvgIpc) is 2.66. The van der Waals surface area contributed by atoms with Crippen LogP contribution in [-0.2, 0) is 6.61 Å². The first-order chi connectivity index (χ1) is 7.20. The Balaban J connectivity index is 2.44. The van der Waals surface area contributed by atoms with Crippen LogP contribution in [0.25, 0.3) is 11.4 Å². The van der Waals surface area contributed by atoms with Gasteiger partial charge in [0.1, 0.15) is 11.6 Å². The van der Waals surface area contributed by atoms with Crippen LogP contribution in [0.4, 0.5) is 4.39 Å². The molecule has 5 heteroatoms. The summed E-state index contributed by atoms with van der Waals surface area (Å²) in [5, 5.41) is 9.13. The number of aromatic amines is 1. The highest BCUT2D eigenvalue weighted by atomic mass is 35.5. The number of rotatable bonds is 2. The molecule has 0 unspecified atom stereocenters. The number of halogens is 2. The fraction of sp³-hybridized carbons (Fsp3) is 0.100. The summed E-state index contributed by atoms with van der Waals surface area (Å²) in [6.45, 7) is -0.119. The molecule has 0 aliphatic carbocycles. The largest absolute Gasteiger partial charge is 0.390 e. The Morgan fingerprint density at radius 1 is 1.47 bits per heavy atom. The van der Waals surface area contributed by atoms with Crippen LogP contribution in [0.5, 0.6) is 0 Å². The molecule has 1 heterocycles. The number of imidazole rings is 1. The van der Waals surface area contributed by atoms with E-state index in [9.17, 15) is 4.39 Å². The minimum absolute atomic E-state index is 0.119. The summed E-state index contributed by atoms with van der Waals surface area (Å²) in [7, 11) is 0. The molecule has 0 aliphatic rings. The van der Waals surface area contributed by atoms with E-state index >= 15 is 0 Å². The van der Waals surface area contributed by atoms with Gasteiger partial charge in [0.2, 0.25) is 0 Å². The van der Waals surface area contributed by atoms with E-state index in [4.69, 9.17) is 16.7 Å². The van der Waals surface area contributed by atoms with Crippen molar-refractivity contribution >= 4 is 11.6 Å². The molecule has 0 saturated carbocycles. The lowest BCUT2D eigenvalue weighted by Gasteiger charge is -2.00. The van der Waals surface area contributed by atoms with Crippen LogP contribution < -0.4 is 0 Å². The Kier molecular flexibility index (Phi) is 2.70. The number of hydrogen-bond acceptors (Lipinski definition) is 2. The monoisotopic (exact) mass is 226 g/mol. The predicted octanol–water partition coefficient (Wildman–Crippen LogP) is 2.36. The first-order valence-electron chi connectivity index (χ1n) is 4.31. The zero-order chi connectivity index (χ0) is 10.8. The van der Waals surface area contributed by atoms with E-state index in [-0.39, 0.29) is 11.6 Å². The van der Waals surface area contributed by atoms with Crippen molar-refractivity contribution < 1.29 is 9.50 Å². The lowest BCUT2D eigenvalue weighted by Crippen LogP contribution is -1.85. The highest BCUT2D eigenvalue weighted by Gasteiger charge is 2.08. The number of benzene rings is 1. The molecule has 15 heavy (non-hydrogen) atoms. The van der Waals surface area contributed by atoms with Gasteiger partial charge in [-0.2, -0.15) is 0 Å².